The van der Waals surface area contributed by atoms with Gasteiger partial charge in [0.05, 0.1) is 12.4 Å². The van der Waals surface area contributed by atoms with E-state index in [0.717, 1.165) is 11.6 Å². The highest BCUT2D eigenvalue weighted by Gasteiger charge is 2.02. The van der Waals surface area contributed by atoms with Gasteiger partial charge in [0.25, 0.3) is 11.6 Å². The summed E-state index contributed by atoms with van der Waals surface area (Å²) in [5.41, 5.74) is 0. The summed E-state index contributed by atoms with van der Waals surface area (Å²) >= 11 is 0. The van der Waals surface area contributed by atoms with E-state index in [9.17, 15) is 0 Å². The molecule has 13 heavy (non-hydrogen) atoms. The van der Waals surface area contributed by atoms with Crippen molar-refractivity contribution in [1.29, 1.82) is 0 Å². The molecule has 0 saturated carbocycles. The molecule has 0 radical (unpaired) electrons. The fourth-order valence-electron chi connectivity index (χ4n) is 1.09. The van der Waals surface area contributed by atoms with Crippen molar-refractivity contribution < 1.29 is 9.97 Å². The first-order valence-corrected chi connectivity index (χ1v) is 4.15. The van der Waals surface area contributed by atoms with Crippen LogP contribution in [0.4, 0.5) is 11.6 Å². The first-order chi connectivity index (χ1) is 6.45. The molecule has 2 aromatic heterocycles. The number of hydrogen-bond donors (Lipinski definition) is 1. The molecule has 0 fully saturated rings. The third-order valence-electron chi connectivity index (χ3n) is 1.69. The smallest absolute Gasteiger partial charge is 0.247 e. The quantitative estimate of drug-likeness (QED) is 0.724. The van der Waals surface area contributed by atoms with Gasteiger partial charge in [0, 0.05) is 12.1 Å². The van der Waals surface area contributed by atoms with Crippen LogP contribution in [-0.2, 0) is 0 Å². The minimum Gasteiger partial charge on any atom is -0.247 e. The lowest BCUT2D eigenvalue weighted by molar-refractivity contribution is -0.371. The molecule has 3 N–H and O–H groups in total. The number of rotatable bonds is 2. The van der Waals surface area contributed by atoms with Gasteiger partial charge in [-0.25, -0.2) is 15.3 Å². The highest BCUT2D eigenvalue weighted by Crippen LogP contribution is 2.03. The van der Waals surface area contributed by atoms with Crippen LogP contribution in [0.2, 0.25) is 0 Å². The van der Waals surface area contributed by atoms with E-state index in [-0.39, 0.29) is 0 Å². The van der Waals surface area contributed by atoms with E-state index >= 15 is 0 Å². The lowest BCUT2D eigenvalue weighted by Crippen LogP contribution is -2.14. The SMILES string of the molecule is c1ccc(Nc2cccc[nH+]2)[nH+]c1. The van der Waals surface area contributed by atoms with Crippen LogP contribution in [0.5, 0.6) is 0 Å². The second-order valence-electron chi connectivity index (χ2n) is 2.68. The van der Waals surface area contributed by atoms with Crippen molar-refractivity contribution in [3.63, 3.8) is 0 Å². The Kier molecular flexibility index (Phi) is 2.18. The van der Waals surface area contributed by atoms with Crippen LogP contribution in [0.3, 0.4) is 0 Å². The maximum absolute atomic E-state index is 3.19. The number of anilines is 2. The summed E-state index contributed by atoms with van der Waals surface area (Å²) < 4.78 is 0. The molecule has 0 aromatic carbocycles. The second kappa shape index (κ2) is 3.67. The maximum Gasteiger partial charge on any atom is 0.280 e. The van der Waals surface area contributed by atoms with Crippen LogP contribution in [-0.4, -0.2) is 0 Å². The molecule has 0 aliphatic heterocycles. The van der Waals surface area contributed by atoms with E-state index in [1.807, 2.05) is 48.8 Å². The van der Waals surface area contributed by atoms with Crippen LogP contribution < -0.4 is 15.3 Å². The van der Waals surface area contributed by atoms with E-state index < -0.39 is 0 Å². The Bertz CT molecular complexity index is 321. The summed E-state index contributed by atoms with van der Waals surface area (Å²) in [7, 11) is 0. The van der Waals surface area contributed by atoms with Gasteiger partial charge in [0.1, 0.15) is 0 Å². The lowest BCUT2D eigenvalue weighted by atomic mass is 10.4. The third-order valence-corrected chi connectivity index (χ3v) is 1.69. The van der Waals surface area contributed by atoms with Gasteiger partial charge < -0.3 is 0 Å². The van der Waals surface area contributed by atoms with E-state index in [2.05, 4.69) is 15.3 Å². The molecule has 2 rings (SSSR count). The van der Waals surface area contributed by atoms with E-state index in [0.29, 0.717) is 0 Å². The van der Waals surface area contributed by atoms with Crippen molar-refractivity contribution in [2.24, 2.45) is 0 Å². The standard InChI is InChI=1S/C10H9N3/c1-3-7-11-9(5-1)13-10-6-2-4-8-12-10/h1-8H,(H,11,12,13)/p+2. The summed E-state index contributed by atoms with van der Waals surface area (Å²) in [5, 5.41) is 3.19. The van der Waals surface area contributed by atoms with Gasteiger partial charge in [0.15, 0.2) is 0 Å². The molecule has 3 nitrogen and oxygen atoms in total. The molecule has 64 valence electrons. The summed E-state index contributed by atoms with van der Waals surface area (Å²) in [6.07, 6.45) is 3.76. The van der Waals surface area contributed by atoms with Crippen molar-refractivity contribution in [2.75, 3.05) is 5.32 Å². The normalized spacial score (nSPS) is 9.54. The number of hydrogen-bond acceptors (Lipinski definition) is 1. The maximum atomic E-state index is 3.19. The molecular weight excluding hydrogens is 162 g/mol. The first-order valence-electron chi connectivity index (χ1n) is 4.15. The van der Waals surface area contributed by atoms with Crippen molar-refractivity contribution in [2.45, 2.75) is 0 Å². The number of H-pyrrole nitrogens is 2. The molecule has 2 heterocycles. The lowest BCUT2D eigenvalue weighted by Gasteiger charge is -1.93. The predicted molar refractivity (Wildman–Crippen MR) is 49.3 cm³/mol. The van der Waals surface area contributed by atoms with Crippen LogP contribution in [0.25, 0.3) is 0 Å². The predicted octanol–water partition coefficient (Wildman–Crippen LogP) is 1.06. The fraction of sp³-hybridized carbons (Fsp3) is 0. The summed E-state index contributed by atoms with van der Waals surface area (Å²) in [4.78, 5) is 6.17. The van der Waals surface area contributed by atoms with Crippen LogP contribution in [0, 0.1) is 0 Å². The number of pyridine rings is 2. The van der Waals surface area contributed by atoms with E-state index in [1.165, 1.54) is 0 Å². The number of aromatic amines is 2. The van der Waals surface area contributed by atoms with E-state index in [4.69, 9.17) is 0 Å². The molecule has 2 aromatic rings. The Morgan fingerprint density at radius 2 is 1.31 bits per heavy atom. The molecule has 0 saturated heterocycles. The number of nitrogens with one attached hydrogen (secondary N) is 3. The molecule has 0 aliphatic rings. The molecule has 3 heteroatoms. The summed E-state index contributed by atoms with van der Waals surface area (Å²) in [5.74, 6) is 1.93. The van der Waals surface area contributed by atoms with Gasteiger partial charge in [-0.05, 0) is 12.1 Å². The second-order valence-corrected chi connectivity index (χ2v) is 2.68. The van der Waals surface area contributed by atoms with Gasteiger partial charge in [-0.15, -0.1) is 0 Å². The monoisotopic (exact) mass is 173 g/mol. The van der Waals surface area contributed by atoms with Crippen LogP contribution >= 0.6 is 0 Å². The molecule has 0 atom stereocenters. The highest BCUT2D eigenvalue weighted by atomic mass is 15.0. The molecule has 0 amide bonds. The Morgan fingerprint density at radius 1 is 0.769 bits per heavy atom. The Morgan fingerprint density at radius 3 is 1.69 bits per heavy atom. The third kappa shape index (κ3) is 2.02. The summed E-state index contributed by atoms with van der Waals surface area (Å²) in [6.45, 7) is 0. The molecule has 0 bridgehead atoms. The van der Waals surface area contributed by atoms with Crippen molar-refractivity contribution in [3.8, 4) is 0 Å². The molecule has 0 spiro atoms. The van der Waals surface area contributed by atoms with E-state index in [1.54, 1.807) is 0 Å². The van der Waals surface area contributed by atoms with Gasteiger partial charge in [-0.2, -0.15) is 0 Å². The number of aromatic nitrogens is 2. The Labute approximate surface area is 76.5 Å². The first kappa shape index (κ1) is 7.73. The molecule has 0 aliphatic carbocycles. The van der Waals surface area contributed by atoms with Crippen molar-refractivity contribution in [1.82, 2.24) is 0 Å². The van der Waals surface area contributed by atoms with Crippen LogP contribution in [0.15, 0.2) is 48.8 Å². The zero-order valence-corrected chi connectivity index (χ0v) is 7.12. The molecular formula is C10H11N3+2. The summed E-state index contributed by atoms with van der Waals surface area (Å²) in [6, 6.07) is 11.8. The van der Waals surface area contributed by atoms with Gasteiger partial charge in [0.2, 0.25) is 0 Å². The zero-order chi connectivity index (χ0) is 8.93. The van der Waals surface area contributed by atoms with Gasteiger partial charge >= 0.3 is 0 Å². The Balaban J connectivity index is 2.16. The fourth-order valence-corrected chi connectivity index (χ4v) is 1.09. The van der Waals surface area contributed by atoms with Crippen molar-refractivity contribution >= 4 is 11.6 Å². The highest BCUT2D eigenvalue weighted by molar-refractivity contribution is 5.43. The van der Waals surface area contributed by atoms with Gasteiger partial charge in [-0.1, -0.05) is 12.1 Å². The minimum atomic E-state index is 0.963. The molecule has 0 unspecified atom stereocenters. The van der Waals surface area contributed by atoms with Crippen molar-refractivity contribution in [3.05, 3.63) is 48.8 Å². The van der Waals surface area contributed by atoms with Crippen LogP contribution in [0.1, 0.15) is 0 Å². The van der Waals surface area contributed by atoms with Gasteiger partial charge in [-0.3, -0.25) is 0 Å². The zero-order valence-electron chi connectivity index (χ0n) is 7.12. The average molecular weight is 173 g/mol. The topological polar surface area (TPSA) is 40.3 Å². The average Bonchev–Trinajstić information content (AvgIpc) is 2.21. The largest absolute Gasteiger partial charge is 0.280 e. The minimum absolute atomic E-state index is 0.963. The Hall–Kier alpha value is -1.90.